The van der Waals surface area contributed by atoms with Gasteiger partial charge in [0.2, 0.25) is 0 Å². The molecule has 2 aromatic rings. The van der Waals surface area contributed by atoms with E-state index in [1.54, 1.807) is 36.4 Å². The van der Waals surface area contributed by atoms with Gasteiger partial charge in [-0.3, -0.25) is 4.79 Å². The molecule has 0 bridgehead atoms. The minimum atomic E-state index is -0.382. The lowest BCUT2D eigenvalue weighted by Gasteiger charge is -2.08. The molecule has 2 aromatic carbocycles. The molecule has 1 N–H and O–H groups in total. The van der Waals surface area contributed by atoms with Crippen LogP contribution in [-0.4, -0.2) is 26.3 Å². The Labute approximate surface area is 143 Å². The van der Waals surface area contributed by atoms with Gasteiger partial charge in [0.1, 0.15) is 0 Å². The molecule has 0 fully saturated rings. The first-order chi connectivity index (χ1) is 11.0. The zero-order chi connectivity index (χ0) is 16.8. The Balaban J connectivity index is 2.08. The second-order valence-electron chi connectivity index (χ2n) is 4.43. The molecule has 0 atom stereocenters. The average Bonchev–Trinajstić information content (AvgIpc) is 2.56. The quantitative estimate of drug-likeness (QED) is 0.658. The van der Waals surface area contributed by atoms with Gasteiger partial charge in [-0.2, -0.15) is 5.10 Å². The molecule has 0 aliphatic carbocycles. The number of nitrogens with one attached hydrogen (secondary N) is 1. The van der Waals surface area contributed by atoms with Gasteiger partial charge >= 0.3 is 0 Å². The van der Waals surface area contributed by atoms with Gasteiger partial charge in [-0.25, -0.2) is 5.43 Å². The van der Waals surface area contributed by atoms with Crippen molar-refractivity contribution in [3.05, 3.63) is 57.6 Å². The third kappa shape index (κ3) is 4.37. The van der Waals surface area contributed by atoms with Crippen LogP contribution < -0.4 is 14.9 Å². The largest absolute Gasteiger partial charge is 0.493 e. The molecule has 23 heavy (non-hydrogen) atoms. The fourth-order valence-electron chi connectivity index (χ4n) is 1.81. The highest BCUT2D eigenvalue weighted by Gasteiger charge is 2.10. The van der Waals surface area contributed by atoms with Crippen LogP contribution in [0.1, 0.15) is 15.9 Å². The number of nitrogens with zero attached hydrogens (tertiary/aromatic N) is 1. The number of hydrogen-bond donors (Lipinski definition) is 1. The number of carbonyl (C=O) groups excluding carboxylic acids is 1. The molecule has 0 unspecified atom stereocenters. The van der Waals surface area contributed by atoms with Crippen molar-refractivity contribution in [1.29, 1.82) is 0 Å². The number of benzene rings is 2. The molecule has 5 nitrogen and oxygen atoms in total. The van der Waals surface area contributed by atoms with Crippen molar-refractivity contribution in [3.63, 3.8) is 0 Å². The maximum atomic E-state index is 12.1. The number of carbonyl (C=O) groups is 1. The third-order valence-electron chi connectivity index (χ3n) is 2.98. The Morgan fingerprint density at radius 2 is 1.83 bits per heavy atom. The lowest BCUT2D eigenvalue weighted by Crippen LogP contribution is -2.17. The summed E-state index contributed by atoms with van der Waals surface area (Å²) in [7, 11) is 3.03. The highest BCUT2D eigenvalue weighted by molar-refractivity contribution is 6.36. The Hall–Kier alpha value is -2.24. The zero-order valence-corrected chi connectivity index (χ0v) is 14.0. The molecule has 0 saturated heterocycles. The number of hydrazone groups is 1. The van der Waals surface area contributed by atoms with E-state index >= 15 is 0 Å². The normalized spacial score (nSPS) is 10.6. The number of methoxy groups -OCH3 is 2. The molecule has 0 aromatic heterocycles. The predicted octanol–water partition coefficient (Wildman–Crippen LogP) is 3.77. The first-order valence-electron chi connectivity index (χ1n) is 6.55. The van der Waals surface area contributed by atoms with Gasteiger partial charge in [-0.05, 0) is 30.3 Å². The molecule has 0 spiro atoms. The molecule has 2 rings (SSSR count). The second kappa shape index (κ2) is 7.85. The summed E-state index contributed by atoms with van der Waals surface area (Å²) in [5, 5.41) is 4.86. The summed E-state index contributed by atoms with van der Waals surface area (Å²) in [5.41, 5.74) is 3.45. The summed E-state index contributed by atoms with van der Waals surface area (Å²) in [5.74, 6) is 0.623. The van der Waals surface area contributed by atoms with Gasteiger partial charge in [-0.1, -0.05) is 29.3 Å². The van der Waals surface area contributed by atoms with Crippen LogP contribution in [0.15, 0.2) is 41.5 Å². The SMILES string of the molecule is COc1ccc(C(=O)N/N=C/c2ccc(Cl)cc2Cl)cc1OC. The topological polar surface area (TPSA) is 59.9 Å². The maximum Gasteiger partial charge on any atom is 0.271 e. The zero-order valence-electron chi connectivity index (χ0n) is 12.5. The van der Waals surface area contributed by atoms with Crippen LogP contribution in [-0.2, 0) is 0 Å². The molecule has 120 valence electrons. The first-order valence-corrected chi connectivity index (χ1v) is 7.31. The maximum absolute atomic E-state index is 12.1. The number of halogens is 2. The lowest BCUT2D eigenvalue weighted by molar-refractivity contribution is 0.0954. The Morgan fingerprint density at radius 1 is 1.09 bits per heavy atom. The smallest absolute Gasteiger partial charge is 0.271 e. The number of amides is 1. The molecular formula is C16H14Cl2N2O3. The summed E-state index contributed by atoms with van der Waals surface area (Å²) in [6.07, 6.45) is 1.44. The van der Waals surface area contributed by atoms with Crippen molar-refractivity contribution >= 4 is 35.3 Å². The summed E-state index contributed by atoms with van der Waals surface area (Å²) in [4.78, 5) is 12.1. The van der Waals surface area contributed by atoms with Crippen molar-refractivity contribution in [1.82, 2.24) is 5.43 Å². The fourth-order valence-corrected chi connectivity index (χ4v) is 2.27. The lowest BCUT2D eigenvalue weighted by atomic mass is 10.2. The molecule has 0 heterocycles. The van der Waals surface area contributed by atoms with Gasteiger partial charge in [0.05, 0.1) is 25.5 Å². The Bertz CT molecular complexity index is 748. The van der Waals surface area contributed by atoms with Gasteiger partial charge in [0.15, 0.2) is 11.5 Å². The average molecular weight is 353 g/mol. The minimum Gasteiger partial charge on any atom is -0.493 e. The highest BCUT2D eigenvalue weighted by atomic mass is 35.5. The molecule has 0 saturated carbocycles. The standard InChI is InChI=1S/C16H14Cl2N2O3/c1-22-14-6-4-10(7-15(14)23-2)16(21)20-19-9-11-3-5-12(17)8-13(11)18/h3-9H,1-2H3,(H,20,21)/b19-9+. The molecule has 0 aliphatic heterocycles. The van der Waals surface area contributed by atoms with E-state index < -0.39 is 0 Å². The van der Waals surface area contributed by atoms with E-state index in [2.05, 4.69) is 10.5 Å². The number of ether oxygens (including phenoxy) is 2. The summed E-state index contributed by atoms with van der Waals surface area (Å²) >= 11 is 11.8. The van der Waals surface area contributed by atoms with Crippen LogP contribution in [0.3, 0.4) is 0 Å². The van der Waals surface area contributed by atoms with Crippen molar-refractivity contribution in [2.45, 2.75) is 0 Å². The van der Waals surface area contributed by atoms with Crippen LogP contribution in [0.2, 0.25) is 10.0 Å². The molecule has 1 amide bonds. The Morgan fingerprint density at radius 3 is 2.48 bits per heavy atom. The predicted molar refractivity (Wildman–Crippen MR) is 91.1 cm³/mol. The fraction of sp³-hybridized carbons (Fsp3) is 0.125. The van der Waals surface area contributed by atoms with Gasteiger partial charge < -0.3 is 9.47 Å². The second-order valence-corrected chi connectivity index (χ2v) is 5.28. The van der Waals surface area contributed by atoms with Crippen molar-refractivity contribution in [2.24, 2.45) is 5.10 Å². The van der Waals surface area contributed by atoms with E-state index in [0.717, 1.165) is 0 Å². The number of hydrogen-bond acceptors (Lipinski definition) is 4. The van der Waals surface area contributed by atoms with Gasteiger partial charge in [0.25, 0.3) is 5.91 Å². The van der Waals surface area contributed by atoms with Crippen molar-refractivity contribution in [2.75, 3.05) is 14.2 Å². The molecular weight excluding hydrogens is 339 g/mol. The van der Waals surface area contributed by atoms with Crippen LogP contribution in [0.25, 0.3) is 0 Å². The monoisotopic (exact) mass is 352 g/mol. The first kappa shape index (κ1) is 17.1. The van der Waals surface area contributed by atoms with Crippen LogP contribution in [0.5, 0.6) is 11.5 Å². The highest BCUT2D eigenvalue weighted by Crippen LogP contribution is 2.27. The van der Waals surface area contributed by atoms with E-state index in [4.69, 9.17) is 32.7 Å². The molecule has 0 aliphatic rings. The van der Waals surface area contributed by atoms with E-state index in [9.17, 15) is 4.79 Å². The van der Waals surface area contributed by atoms with Crippen LogP contribution >= 0.6 is 23.2 Å². The van der Waals surface area contributed by atoms with Crippen molar-refractivity contribution < 1.29 is 14.3 Å². The number of rotatable bonds is 5. The van der Waals surface area contributed by atoms with E-state index in [0.29, 0.717) is 32.7 Å². The van der Waals surface area contributed by atoms with Crippen molar-refractivity contribution in [3.8, 4) is 11.5 Å². The van der Waals surface area contributed by atoms with E-state index in [1.165, 1.54) is 20.4 Å². The molecule has 0 radical (unpaired) electrons. The molecule has 7 heteroatoms. The summed E-state index contributed by atoms with van der Waals surface area (Å²) in [6.45, 7) is 0. The Kier molecular flexibility index (Phi) is 5.84. The van der Waals surface area contributed by atoms with E-state index in [1.807, 2.05) is 0 Å². The van der Waals surface area contributed by atoms with E-state index in [-0.39, 0.29) is 5.91 Å². The van der Waals surface area contributed by atoms with Crippen LogP contribution in [0.4, 0.5) is 0 Å². The van der Waals surface area contributed by atoms with Crippen LogP contribution in [0, 0.1) is 0 Å². The summed E-state index contributed by atoms with van der Waals surface area (Å²) in [6, 6.07) is 9.82. The third-order valence-corrected chi connectivity index (χ3v) is 3.54. The summed E-state index contributed by atoms with van der Waals surface area (Å²) < 4.78 is 10.3. The minimum absolute atomic E-state index is 0.382. The van der Waals surface area contributed by atoms with Gasteiger partial charge in [-0.15, -0.1) is 0 Å². The van der Waals surface area contributed by atoms with Gasteiger partial charge in [0, 0.05) is 16.1 Å².